The van der Waals surface area contributed by atoms with Gasteiger partial charge in [-0.25, -0.2) is 0 Å². The monoisotopic (exact) mass is 213 g/mol. The second-order valence-corrected chi connectivity index (χ2v) is 4.42. The van der Waals surface area contributed by atoms with E-state index < -0.39 is 0 Å². The normalized spacial score (nSPS) is 13.1. The fraction of sp³-hybridized carbons (Fsp3) is 0.700. The van der Waals surface area contributed by atoms with E-state index in [1.165, 1.54) is 5.56 Å². The molecule has 80 valence electrons. The van der Waals surface area contributed by atoms with Gasteiger partial charge in [0.15, 0.2) is 0 Å². The van der Waals surface area contributed by atoms with Gasteiger partial charge in [0.1, 0.15) is 0 Å². The fourth-order valence-electron chi connectivity index (χ4n) is 1.10. The first-order chi connectivity index (χ1) is 6.76. The maximum atomic E-state index is 5.83. The molecule has 4 heteroatoms. The summed E-state index contributed by atoms with van der Waals surface area (Å²) in [6.07, 6.45) is 5.10. The van der Waals surface area contributed by atoms with Crippen LogP contribution in [0.25, 0.3) is 0 Å². The van der Waals surface area contributed by atoms with E-state index >= 15 is 0 Å². The Labute approximate surface area is 90.1 Å². The zero-order chi connectivity index (χ0) is 10.4. The van der Waals surface area contributed by atoms with Crippen molar-refractivity contribution >= 4 is 11.8 Å². The Balaban J connectivity index is 2.24. The Bertz CT molecular complexity index is 260. The lowest BCUT2D eigenvalue weighted by Crippen LogP contribution is -2.21. The fourth-order valence-corrected chi connectivity index (χ4v) is 2.14. The number of aromatic nitrogens is 2. The number of aryl methyl sites for hydroxylation is 1. The van der Waals surface area contributed by atoms with E-state index in [0.29, 0.717) is 6.04 Å². The molecule has 0 fully saturated rings. The van der Waals surface area contributed by atoms with Crippen molar-refractivity contribution in [2.45, 2.75) is 38.6 Å². The minimum absolute atomic E-state index is 0.334. The molecule has 1 unspecified atom stereocenters. The molecule has 0 saturated carbocycles. The highest BCUT2D eigenvalue weighted by molar-refractivity contribution is 7.98. The molecule has 3 nitrogen and oxygen atoms in total. The van der Waals surface area contributed by atoms with E-state index in [0.717, 1.165) is 24.5 Å². The molecular formula is C10H19N3S. The van der Waals surface area contributed by atoms with E-state index in [9.17, 15) is 0 Å². The molecular weight excluding hydrogens is 194 g/mol. The summed E-state index contributed by atoms with van der Waals surface area (Å²) < 4.78 is 1.95. The van der Waals surface area contributed by atoms with Crippen LogP contribution in [0.3, 0.4) is 0 Å². The van der Waals surface area contributed by atoms with Crippen molar-refractivity contribution in [3.05, 3.63) is 18.0 Å². The van der Waals surface area contributed by atoms with Crippen molar-refractivity contribution < 1.29 is 0 Å². The first-order valence-corrected chi connectivity index (χ1v) is 6.26. The topological polar surface area (TPSA) is 43.8 Å². The van der Waals surface area contributed by atoms with Crippen LogP contribution in [0, 0.1) is 0 Å². The minimum atomic E-state index is 0.334. The molecule has 0 amide bonds. The lowest BCUT2D eigenvalue weighted by atomic mass is 10.3. The van der Waals surface area contributed by atoms with Gasteiger partial charge < -0.3 is 5.73 Å². The van der Waals surface area contributed by atoms with Crippen LogP contribution in [-0.2, 0) is 12.3 Å². The van der Waals surface area contributed by atoms with E-state index in [1.807, 2.05) is 22.6 Å². The lowest BCUT2D eigenvalue weighted by Gasteiger charge is -2.06. The van der Waals surface area contributed by atoms with Gasteiger partial charge in [-0.3, -0.25) is 4.68 Å². The number of hydrogen-bond acceptors (Lipinski definition) is 3. The van der Waals surface area contributed by atoms with Crippen molar-refractivity contribution in [1.82, 2.24) is 9.78 Å². The molecule has 0 aliphatic carbocycles. The molecule has 0 radical (unpaired) electrons. The maximum Gasteiger partial charge on any atom is 0.0530 e. The lowest BCUT2D eigenvalue weighted by molar-refractivity contribution is 0.659. The number of thioether (sulfide) groups is 1. The van der Waals surface area contributed by atoms with Gasteiger partial charge in [0.25, 0.3) is 0 Å². The third-order valence-corrected chi connectivity index (χ3v) is 3.34. The van der Waals surface area contributed by atoms with Gasteiger partial charge in [-0.1, -0.05) is 6.92 Å². The first kappa shape index (κ1) is 11.6. The maximum absolute atomic E-state index is 5.83. The number of rotatable bonds is 6. The Kier molecular flexibility index (Phi) is 5.04. The van der Waals surface area contributed by atoms with Crippen LogP contribution in [0.15, 0.2) is 12.4 Å². The average molecular weight is 213 g/mol. The van der Waals surface area contributed by atoms with Crippen molar-refractivity contribution in [3.63, 3.8) is 0 Å². The van der Waals surface area contributed by atoms with Gasteiger partial charge in [0.2, 0.25) is 0 Å². The Hall–Kier alpha value is -0.480. The number of hydrogen-bond donors (Lipinski definition) is 1. The van der Waals surface area contributed by atoms with Crippen LogP contribution in [0.5, 0.6) is 0 Å². The molecule has 1 rings (SSSR count). The van der Waals surface area contributed by atoms with Gasteiger partial charge in [-0.05, 0) is 18.9 Å². The Morgan fingerprint density at radius 2 is 2.36 bits per heavy atom. The molecule has 1 aromatic rings. The largest absolute Gasteiger partial charge is 0.327 e. The number of nitrogens with two attached hydrogens (primary N) is 1. The van der Waals surface area contributed by atoms with Crippen LogP contribution in [-0.4, -0.2) is 21.6 Å². The van der Waals surface area contributed by atoms with E-state index in [1.54, 1.807) is 0 Å². The highest BCUT2D eigenvalue weighted by Crippen LogP contribution is 2.12. The van der Waals surface area contributed by atoms with E-state index in [2.05, 4.69) is 25.1 Å². The van der Waals surface area contributed by atoms with Gasteiger partial charge in [-0.15, -0.1) is 0 Å². The standard InChI is InChI=1S/C10H19N3S/c1-3-10(11)8-14-7-9-5-12-13(4-2)6-9/h5-6,10H,3-4,7-8,11H2,1-2H3. The third-order valence-electron chi connectivity index (χ3n) is 2.14. The molecule has 0 bridgehead atoms. The van der Waals surface area contributed by atoms with Gasteiger partial charge in [0, 0.05) is 30.3 Å². The van der Waals surface area contributed by atoms with Crippen molar-refractivity contribution in [2.24, 2.45) is 5.73 Å². The predicted octanol–water partition coefficient (Wildman–Crippen LogP) is 1.87. The quantitative estimate of drug-likeness (QED) is 0.784. The smallest absolute Gasteiger partial charge is 0.0530 e. The summed E-state index contributed by atoms with van der Waals surface area (Å²) in [7, 11) is 0. The molecule has 0 aliphatic heterocycles. The molecule has 1 heterocycles. The van der Waals surface area contributed by atoms with Gasteiger partial charge in [-0.2, -0.15) is 16.9 Å². The molecule has 0 aromatic carbocycles. The minimum Gasteiger partial charge on any atom is -0.327 e. The summed E-state index contributed by atoms with van der Waals surface area (Å²) in [6.45, 7) is 5.16. The van der Waals surface area contributed by atoms with Crippen LogP contribution < -0.4 is 5.73 Å². The summed E-state index contributed by atoms with van der Waals surface area (Å²) in [5, 5.41) is 4.22. The van der Waals surface area contributed by atoms with Crippen molar-refractivity contribution in [3.8, 4) is 0 Å². The number of nitrogens with zero attached hydrogens (tertiary/aromatic N) is 2. The second-order valence-electron chi connectivity index (χ2n) is 3.39. The highest BCUT2D eigenvalue weighted by Gasteiger charge is 2.01. The van der Waals surface area contributed by atoms with Crippen LogP contribution >= 0.6 is 11.8 Å². The second kappa shape index (κ2) is 6.09. The van der Waals surface area contributed by atoms with Gasteiger partial charge in [0.05, 0.1) is 6.20 Å². The van der Waals surface area contributed by atoms with Crippen LogP contribution in [0.4, 0.5) is 0 Å². The SMILES string of the molecule is CCC(N)CSCc1cnn(CC)c1. The Morgan fingerprint density at radius 1 is 1.57 bits per heavy atom. The third kappa shape index (κ3) is 3.72. The van der Waals surface area contributed by atoms with Crippen LogP contribution in [0.2, 0.25) is 0 Å². The molecule has 2 N–H and O–H groups in total. The molecule has 1 aromatic heterocycles. The summed E-state index contributed by atoms with van der Waals surface area (Å²) in [4.78, 5) is 0. The van der Waals surface area contributed by atoms with Gasteiger partial charge >= 0.3 is 0 Å². The average Bonchev–Trinajstić information content (AvgIpc) is 2.65. The predicted molar refractivity (Wildman–Crippen MR) is 62.3 cm³/mol. The zero-order valence-electron chi connectivity index (χ0n) is 8.94. The summed E-state index contributed by atoms with van der Waals surface area (Å²) >= 11 is 1.88. The van der Waals surface area contributed by atoms with Crippen LogP contribution in [0.1, 0.15) is 25.8 Å². The first-order valence-electron chi connectivity index (χ1n) is 5.10. The summed E-state index contributed by atoms with van der Waals surface area (Å²) in [5.41, 5.74) is 7.12. The summed E-state index contributed by atoms with van der Waals surface area (Å²) in [5.74, 6) is 2.06. The molecule has 1 atom stereocenters. The zero-order valence-corrected chi connectivity index (χ0v) is 9.76. The molecule has 14 heavy (non-hydrogen) atoms. The Morgan fingerprint density at radius 3 is 2.93 bits per heavy atom. The molecule has 0 aliphatic rings. The van der Waals surface area contributed by atoms with Crippen molar-refractivity contribution in [1.29, 1.82) is 0 Å². The highest BCUT2D eigenvalue weighted by atomic mass is 32.2. The summed E-state index contributed by atoms with van der Waals surface area (Å²) in [6, 6.07) is 0.334. The molecule has 0 saturated heterocycles. The molecule has 0 spiro atoms. The van der Waals surface area contributed by atoms with E-state index in [4.69, 9.17) is 5.73 Å². The van der Waals surface area contributed by atoms with E-state index in [-0.39, 0.29) is 0 Å². The van der Waals surface area contributed by atoms with Crippen molar-refractivity contribution in [2.75, 3.05) is 5.75 Å².